The van der Waals surface area contributed by atoms with E-state index in [4.69, 9.17) is 14.2 Å². The number of carbonyl (C=O) groups excluding carboxylic acids is 3. The molecule has 1 amide bonds. The summed E-state index contributed by atoms with van der Waals surface area (Å²) in [6.07, 6.45) is -0.0264. The molecule has 8 heteroatoms. The number of amides is 1. The van der Waals surface area contributed by atoms with Crippen LogP contribution in [0.2, 0.25) is 0 Å². The average Bonchev–Trinajstić information content (AvgIpc) is 3.14. The van der Waals surface area contributed by atoms with Crippen LogP contribution in [0.3, 0.4) is 0 Å². The Kier molecular flexibility index (Phi) is 9.20. The van der Waals surface area contributed by atoms with Gasteiger partial charge in [0.25, 0.3) is 0 Å². The van der Waals surface area contributed by atoms with E-state index in [1.807, 2.05) is 57.2 Å². The lowest BCUT2D eigenvalue weighted by molar-refractivity contribution is -0.154. The third kappa shape index (κ3) is 7.49. The first-order valence-corrected chi connectivity index (χ1v) is 12.8. The second kappa shape index (κ2) is 12.1. The maximum absolute atomic E-state index is 12.6. The monoisotopic (exact) mass is 499 g/mol. The molecule has 0 spiro atoms. The van der Waals surface area contributed by atoms with E-state index >= 15 is 0 Å². The van der Waals surface area contributed by atoms with Crippen molar-refractivity contribution in [3.05, 3.63) is 59.7 Å². The first-order chi connectivity index (χ1) is 16.7. The molecule has 1 atom stereocenters. The molecule has 0 saturated carbocycles. The van der Waals surface area contributed by atoms with E-state index in [-0.39, 0.29) is 24.9 Å². The maximum Gasteiger partial charge on any atom is 0.407 e. The Morgan fingerprint density at radius 3 is 2.14 bits per heavy atom. The number of fused-ring (bicyclic) bond motifs is 3. The van der Waals surface area contributed by atoms with Gasteiger partial charge in [-0.05, 0) is 55.2 Å². The normalized spacial score (nSPS) is 13.4. The predicted molar refractivity (Wildman–Crippen MR) is 136 cm³/mol. The fraction of sp³-hybridized carbons (Fsp3) is 0.444. The standard InChI is InChI=1S/C27H33NO6S/c1-27(2,3)34-24(29)14-16-35-15-13-23(25(30)32-4)28-26(31)33-17-22-20-11-7-5-9-18(20)19-10-6-8-12-21(19)22/h5-12,22-23H,13-17H2,1-4H3,(H,28,31)/t23-/m0/s1. The Balaban J connectivity index is 1.49. The van der Waals surface area contributed by atoms with Crippen molar-refractivity contribution in [3.8, 4) is 11.1 Å². The molecule has 2 aromatic rings. The molecule has 0 heterocycles. The molecule has 1 aliphatic carbocycles. The Morgan fingerprint density at radius 1 is 0.971 bits per heavy atom. The Bertz CT molecular complexity index is 1000. The predicted octanol–water partition coefficient (Wildman–Crippen LogP) is 4.92. The van der Waals surface area contributed by atoms with Gasteiger partial charge in [-0.2, -0.15) is 11.8 Å². The van der Waals surface area contributed by atoms with Gasteiger partial charge in [-0.1, -0.05) is 48.5 Å². The molecule has 3 rings (SSSR count). The van der Waals surface area contributed by atoms with Crippen LogP contribution in [-0.2, 0) is 23.8 Å². The summed E-state index contributed by atoms with van der Waals surface area (Å²) in [6.45, 7) is 5.65. The van der Waals surface area contributed by atoms with E-state index < -0.39 is 23.7 Å². The Morgan fingerprint density at radius 2 is 1.57 bits per heavy atom. The molecule has 188 valence electrons. The number of benzene rings is 2. The third-order valence-electron chi connectivity index (χ3n) is 5.54. The summed E-state index contributed by atoms with van der Waals surface area (Å²) in [6, 6.07) is 15.4. The molecular formula is C27H33NO6S. The van der Waals surface area contributed by atoms with Crippen molar-refractivity contribution in [1.29, 1.82) is 0 Å². The Hall–Kier alpha value is -3.00. The van der Waals surface area contributed by atoms with Crippen LogP contribution in [0.5, 0.6) is 0 Å². The summed E-state index contributed by atoms with van der Waals surface area (Å²) < 4.78 is 15.7. The summed E-state index contributed by atoms with van der Waals surface area (Å²) >= 11 is 1.51. The fourth-order valence-electron chi connectivity index (χ4n) is 4.02. The lowest BCUT2D eigenvalue weighted by atomic mass is 9.98. The van der Waals surface area contributed by atoms with Crippen molar-refractivity contribution in [3.63, 3.8) is 0 Å². The van der Waals surface area contributed by atoms with Gasteiger partial charge in [-0.15, -0.1) is 0 Å². The number of thioether (sulfide) groups is 1. The first-order valence-electron chi connectivity index (χ1n) is 11.7. The van der Waals surface area contributed by atoms with Crippen LogP contribution in [0.15, 0.2) is 48.5 Å². The van der Waals surface area contributed by atoms with E-state index in [0.29, 0.717) is 17.9 Å². The Labute approximate surface area is 210 Å². The number of esters is 2. The number of alkyl carbamates (subject to hydrolysis) is 1. The zero-order valence-corrected chi connectivity index (χ0v) is 21.5. The molecule has 0 unspecified atom stereocenters. The largest absolute Gasteiger partial charge is 0.467 e. The summed E-state index contributed by atoms with van der Waals surface area (Å²) in [7, 11) is 1.28. The molecule has 0 aliphatic heterocycles. The summed E-state index contributed by atoms with van der Waals surface area (Å²) in [5, 5.41) is 2.63. The van der Waals surface area contributed by atoms with Crippen LogP contribution in [0.4, 0.5) is 4.79 Å². The van der Waals surface area contributed by atoms with Crippen molar-refractivity contribution >= 4 is 29.8 Å². The van der Waals surface area contributed by atoms with Crippen molar-refractivity contribution in [2.75, 3.05) is 25.2 Å². The molecule has 1 aliphatic rings. The third-order valence-corrected chi connectivity index (χ3v) is 6.56. The van der Waals surface area contributed by atoms with Crippen molar-refractivity contribution in [2.24, 2.45) is 0 Å². The molecule has 0 fully saturated rings. The lowest BCUT2D eigenvalue weighted by Gasteiger charge is -2.19. The number of methoxy groups -OCH3 is 1. The highest BCUT2D eigenvalue weighted by molar-refractivity contribution is 7.99. The van der Waals surface area contributed by atoms with Crippen LogP contribution in [0.1, 0.15) is 50.7 Å². The zero-order valence-electron chi connectivity index (χ0n) is 20.7. The topological polar surface area (TPSA) is 90.9 Å². The molecule has 2 aromatic carbocycles. The number of nitrogens with one attached hydrogen (secondary N) is 1. The molecule has 1 N–H and O–H groups in total. The highest BCUT2D eigenvalue weighted by Gasteiger charge is 2.30. The minimum absolute atomic E-state index is 0.0619. The summed E-state index contributed by atoms with van der Waals surface area (Å²) in [5.74, 6) is 0.269. The number of carbonyl (C=O) groups is 3. The zero-order chi connectivity index (χ0) is 25.4. The number of hydrogen-bond acceptors (Lipinski definition) is 7. The first kappa shape index (κ1) is 26.6. The van der Waals surface area contributed by atoms with Crippen LogP contribution in [0, 0.1) is 0 Å². The van der Waals surface area contributed by atoms with Gasteiger partial charge in [0, 0.05) is 11.7 Å². The molecule has 35 heavy (non-hydrogen) atoms. The average molecular weight is 500 g/mol. The summed E-state index contributed by atoms with van der Waals surface area (Å²) in [4.78, 5) is 36.6. The minimum atomic E-state index is -0.829. The summed E-state index contributed by atoms with van der Waals surface area (Å²) in [5.41, 5.74) is 4.02. The SMILES string of the molecule is COC(=O)[C@H](CCSCCC(=O)OC(C)(C)C)NC(=O)OCC1c2ccccc2-c2ccccc21. The van der Waals surface area contributed by atoms with Gasteiger partial charge >= 0.3 is 18.0 Å². The fourth-order valence-corrected chi connectivity index (χ4v) is 4.94. The minimum Gasteiger partial charge on any atom is -0.467 e. The van der Waals surface area contributed by atoms with Crippen LogP contribution in [0.25, 0.3) is 11.1 Å². The van der Waals surface area contributed by atoms with Crippen molar-refractivity contribution in [2.45, 2.75) is 51.2 Å². The van der Waals surface area contributed by atoms with Gasteiger partial charge in [0.1, 0.15) is 18.2 Å². The van der Waals surface area contributed by atoms with Gasteiger partial charge in [0.05, 0.1) is 13.5 Å². The van der Waals surface area contributed by atoms with E-state index in [1.54, 1.807) is 0 Å². The van der Waals surface area contributed by atoms with E-state index in [2.05, 4.69) is 17.4 Å². The van der Waals surface area contributed by atoms with Crippen LogP contribution < -0.4 is 5.32 Å². The molecular weight excluding hydrogens is 466 g/mol. The lowest BCUT2D eigenvalue weighted by Crippen LogP contribution is -2.42. The molecule has 0 aromatic heterocycles. The number of hydrogen-bond donors (Lipinski definition) is 1. The van der Waals surface area contributed by atoms with Gasteiger partial charge in [-0.25, -0.2) is 9.59 Å². The smallest absolute Gasteiger partial charge is 0.407 e. The van der Waals surface area contributed by atoms with E-state index in [1.165, 1.54) is 18.9 Å². The second-order valence-electron chi connectivity index (χ2n) is 9.28. The van der Waals surface area contributed by atoms with E-state index in [9.17, 15) is 14.4 Å². The quantitative estimate of drug-likeness (QED) is 0.282. The van der Waals surface area contributed by atoms with Gasteiger partial charge in [-0.3, -0.25) is 4.79 Å². The van der Waals surface area contributed by atoms with Gasteiger partial charge in [0.15, 0.2) is 0 Å². The molecule has 0 radical (unpaired) electrons. The highest BCUT2D eigenvalue weighted by Crippen LogP contribution is 2.44. The van der Waals surface area contributed by atoms with Crippen LogP contribution in [-0.4, -0.2) is 54.9 Å². The van der Waals surface area contributed by atoms with Crippen molar-refractivity contribution in [1.82, 2.24) is 5.32 Å². The van der Waals surface area contributed by atoms with Gasteiger partial charge < -0.3 is 19.5 Å². The number of ether oxygens (including phenoxy) is 3. The molecule has 0 saturated heterocycles. The number of rotatable bonds is 10. The van der Waals surface area contributed by atoms with Crippen molar-refractivity contribution < 1.29 is 28.6 Å². The maximum atomic E-state index is 12.6. The molecule has 7 nitrogen and oxygen atoms in total. The van der Waals surface area contributed by atoms with Crippen LogP contribution >= 0.6 is 11.8 Å². The second-order valence-corrected chi connectivity index (χ2v) is 10.5. The van der Waals surface area contributed by atoms with Gasteiger partial charge in [0.2, 0.25) is 0 Å². The highest BCUT2D eigenvalue weighted by atomic mass is 32.2. The molecule has 0 bridgehead atoms. The van der Waals surface area contributed by atoms with E-state index in [0.717, 1.165) is 22.3 Å².